The zero-order valence-corrected chi connectivity index (χ0v) is 8.53. The number of aliphatic carboxylic acids is 1. The van der Waals surface area contributed by atoms with Crippen molar-refractivity contribution in [2.24, 2.45) is 0 Å². The van der Waals surface area contributed by atoms with Crippen LogP contribution in [0, 0.1) is 0 Å². The molecule has 0 spiro atoms. The van der Waals surface area contributed by atoms with Crippen molar-refractivity contribution < 1.29 is 19.4 Å². The van der Waals surface area contributed by atoms with Gasteiger partial charge in [0.2, 0.25) is 0 Å². The first-order valence-corrected chi connectivity index (χ1v) is 4.64. The molecule has 0 radical (unpaired) electrons. The van der Waals surface area contributed by atoms with Crippen LogP contribution in [-0.4, -0.2) is 29.1 Å². The highest BCUT2D eigenvalue weighted by Crippen LogP contribution is 2.30. The van der Waals surface area contributed by atoms with Crippen LogP contribution >= 0.6 is 0 Å². The van der Waals surface area contributed by atoms with Crippen molar-refractivity contribution in [1.82, 2.24) is 0 Å². The van der Waals surface area contributed by atoms with Crippen molar-refractivity contribution in [3.05, 3.63) is 12.7 Å². The van der Waals surface area contributed by atoms with E-state index >= 15 is 0 Å². The maximum atomic E-state index is 10.4. The Labute approximate surface area is 83.5 Å². The van der Waals surface area contributed by atoms with E-state index in [1.807, 2.05) is 13.8 Å². The van der Waals surface area contributed by atoms with Crippen LogP contribution in [0.4, 0.5) is 0 Å². The summed E-state index contributed by atoms with van der Waals surface area (Å²) < 4.78 is 11.1. The molecule has 0 bridgehead atoms. The third-order valence-corrected chi connectivity index (χ3v) is 2.10. The highest BCUT2D eigenvalue weighted by Gasteiger charge is 2.39. The van der Waals surface area contributed by atoms with Gasteiger partial charge in [0, 0.05) is 6.42 Å². The Kier molecular flexibility index (Phi) is 3.29. The van der Waals surface area contributed by atoms with E-state index < -0.39 is 11.8 Å². The lowest BCUT2D eigenvalue weighted by Gasteiger charge is -2.16. The monoisotopic (exact) mass is 200 g/mol. The highest BCUT2D eigenvalue weighted by atomic mass is 16.7. The quantitative estimate of drug-likeness (QED) is 0.700. The molecule has 4 nitrogen and oxygen atoms in total. The summed E-state index contributed by atoms with van der Waals surface area (Å²) in [7, 11) is 0. The topological polar surface area (TPSA) is 55.8 Å². The molecule has 0 amide bonds. The predicted molar refractivity (Wildman–Crippen MR) is 50.9 cm³/mol. The maximum Gasteiger partial charge on any atom is 0.303 e. The van der Waals surface area contributed by atoms with Crippen molar-refractivity contribution in [2.75, 3.05) is 0 Å². The summed E-state index contributed by atoms with van der Waals surface area (Å²) in [4.78, 5) is 10.4. The first-order valence-electron chi connectivity index (χ1n) is 4.64. The van der Waals surface area contributed by atoms with Crippen molar-refractivity contribution in [2.45, 2.75) is 44.7 Å². The van der Waals surface area contributed by atoms with Crippen LogP contribution < -0.4 is 0 Å². The molecule has 0 aromatic carbocycles. The summed E-state index contributed by atoms with van der Waals surface area (Å²) in [5, 5.41) is 8.54. The third-order valence-electron chi connectivity index (χ3n) is 2.10. The van der Waals surface area contributed by atoms with Crippen molar-refractivity contribution in [3.63, 3.8) is 0 Å². The lowest BCUT2D eigenvalue weighted by Crippen LogP contribution is -2.22. The van der Waals surface area contributed by atoms with Crippen LogP contribution in [0.1, 0.15) is 26.7 Å². The Bertz CT molecular complexity index is 234. The van der Waals surface area contributed by atoms with Gasteiger partial charge in [-0.05, 0) is 20.3 Å². The van der Waals surface area contributed by atoms with Gasteiger partial charge in [0.1, 0.15) is 6.10 Å². The number of hydrogen-bond donors (Lipinski definition) is 1. The number of hydrogen-bond acceptors (Lipinski definition) is 3. The van der Waals surface area contributed by atoms with Crippen LogP contribution in [0.25, 0.3) is 0 Å². The number of ether oxygens (including phenoxy) is 2. The molecule has 0 aliphatic carbocycles. The summed E-state index contributed by atoms with van der Waals surface area (Å²) >= 11 is 0. The van der Waals surface area contributed by atoms with Crippen molar-refractivity contribution in [3.8, 4) is 0 Å². The van der Waals surface area contributed by atoms with E-state index in [0.717, 1.165) is 0 Å². The van der Waals surface area contributed by atoms with E-state index in [1.54, 1.807) is 6.08 Å². The molecule has 4 heteroatoms. The fraction of sp³-hybridized carbons (Fsp3) is 0.700. The number of rotatable bonds is 4. The van der Waals surface area contributed by atoms with Gasteiger partial charge in [0.25, 0.3) is 0 Å². The fourth-order valence-electron chi connectivity index (χ4n) is 1.55. The Balaban J connectivity index is 2.51. The SMILES string of the molecule is C=C[C@@H]1OC(C)(C)O[C@H]1CCC(=O)O. The first-order chi connectivity index (χ1) is 6.44. The lowest BCUT2D eigenvalue weighted by molar-refractivity contribution is -0.147. The third kappa shape index (κ3) is 2.82. The van der Waals surface area contributed by atoms with Gasteiger partial charge in [-0.15, -0.1) is 6.58 Å². The molecule has 1 heterocycles. The molecule has 1 fully saturated rings. The molecule has 1 rings (SSSR count). The Morgan fingerprint density at radius 2 is 2.21 bits per heavy atom. The zero-order valence-electron chi connectivity index (χ0n) is 8.53. The summed E-state index contributed by atoms with van der Waals surface area (Å²) in [5.74, 6) is -1.46. The van der Waals surface area contributed by atoms with Gasteiger partial charge in [0.05, 0.1) is 6.10 Å². The molecular weight excluding hydrogens is 184 g/mol. The predicted octanol–water partition coefficient (Wildman–Crippen LogP) is 1.56. The number of carboxylic acid groups (broad SMARTS) is 1. The van der Waals surface area contributed by atoms with Crippen LogP contribution in [0.15, 0.2) is 12.7 Å². The van der Waals surface area contributed by atoms with Crippen LogP contribution in [0.2, 0.25) is 0 Å². The molecular formula is C10H16O4. The number of carbonyl (C=O) groups is 1. The van der Waals surface area contributed by atoms with Gasteiger partial charge in [0.15, 0.2) is 5.79 Å². The van der Waals surface area contributed by atoms with Gasteiger partial charge in [-0.1, -0.05) is 6.08 Å². The van der Waals surface area contributed by atoms with E-state index in [-0.39, 0.29) is 18.6 Å². The summed E-state index contributed by atoms with van der Waals surface area (Å²) in [6.07, 6.45) is 1.80. The number of carboxylic acids is 1. The molecule has 80 valence electrons. The first kappa shape index (κ1) is 11.2. The minimum Gasteiger partial charge on any atom is -0.481 e. The van der Waals surface area contributed by atoms with Gasteiger partial charge in [-0.2, -0.15) is 0 Å². The summed E-state index contributed by atoms with van der Waals surface area (Å²) in [6.45, 7) is 7.25. The van der Waals surface area contributed by atoms with Gasteiger partial charge in [-0.3, -0.25) is 4.79 Å². The molecule has 0 aromatic rings. The maximum absolute atomic E-state index is 10.4. The molecule has 0 unspecified atom stereocenters. The average molecular weight is 200 g/mol. The molecule has 0 saturated carbocycles. The molecule has 2 atom stereocenters. The minimum absolute atomic E-state index is 0.0917. The minimum atomic E-state index is -0.818. The van der Waals surface area contributed by atoms with Crippen LogP contribution in [-0.2, 0) is 14.3 Å². The second-order valence-corrected chi connectivity index (χ2v) is 3.81. The zero-order chi connectivity index (χ0) is 10.8. The molecule has 0 aromatic heterocycles. The largest absolute Gasteiger partial charge is 0.481 e. The second-order valence-electron chi connectivity index (χ2n) is 3.81. The van der Waals surface area contributed by atoms with E-state index in [9.17, 15) is 4.79 Å². The van der Waals surface area contributed by atoms with Gasteiger partial charge in [-0.25, -0.2) is 0 Å². The second kappa shape index (κ2) is 4.11. The normalized spacial score (nSPS) is 30.1. The Morgan fingerprint density at radius 3 is 2.71 bits per heavy atom. The molecule has 1 saturated heterocycles. The molecule has 1 aliphatic rings. The molecule has 1 N–H and O–H groups in total. The molecule has 1 aliphatic heterocycles. The van der Waals surface area contributed by atoms with E-state index in [4.69, 9.17) is 14.6 Å². The van der Waals surface area contributed by atoms with Crippen molar-refractivity contribution >= 4 is 5.97 Å². The molecule has 14 heavy (non-hydrogen) atoms. The average Bonchev–Trinajstić information content (AvgIpc) is 2.37. The Hall–Kier alpha value is -0.870. The lowest BCUT2D eigenvalue weighted by atomic mass is 10.1. The van der Waals surface area contributed by atoms with E-state index in [0.29, 0.717) is 6.42 Å². The summed E-state index contributed by atoms with van der Waals surface area (Å²) in [5.41, 5.74) is 0. The Morgan fingerprint density at radius 1 is 1.57 bits per heavy atom. The summed E-state index contributed by atoms with van der Waals surface area (Å²) in [6, 6.07) is 0. The van der Waals surface area contributed by atoms with Crippen LogP contribution in [0.3, 0.4) is 0 Å². The van der Waals surface area contributed by atoms with Gasteiger partial charge < -0.3 is 14.6 Å². The standard InChI is InChI=1S/C10H16O4/c1-4-7-8(5-6-9(11)12)14-10(2,3)13-7/h4,7-8H,1,5-6H2,2-3H3,(H,11,12)/t7-,8-/m0/s1. The van der Waals surface area contributed by atoms with Crippen molar-refractivity contribution in [1.29, 1.82) is 0 Å². The smallest absolute Gasteiger partial charge is 0.303 e. The fourth-order valence-corrected chi connectivity index (χ4v) is 1.55. The van der Waals surface area contributed by atoms with E-state index in [1.165, 1.54) is 0 Å². The van der Waals surface area contributed by atoms with Crippen LogP contribution in [0.5, 0.6) is 0 Å². The highest BCUT2D eigenvalue weighted by molar-refractivity contribution is 5.66. The van der Waals surface area contributed by atoms with E-state index in [2.05, 4.69) is 6.58 Å². The van der Waals surface area contributed by atoms with Gasteiger partial charge >= 0.3 is 5.97 Å².